The molecule has 3 heteroatoms. The maximum atomic E-state index is 11.2. The van der Waals surface area contributed by atoms with Crippen molar-refractivity contribution in [3.63, 3.8) is 0 Å². The summed E-state index contributed by atoms with van der Waals surface area (Å²) in [5.41, 5.74) is 1.34. The first kappa shape index (κ1) is 9.71. The van der Waals surface area contributed by atoms with E-state index >= 15 is 0 Å². The third-order valence-electron chi connectivity index (χ3n) is 1.96. The number of esters is 1. The van der Waals surface area contributed by atoms with Crippen molar-refractivity contribution >= 4 is 12.3 Å². The number of ether oxygens (including phenoxy) is 1. The molecule has 1 aliphatic rings. The zero-order chi connectivity index (χ0) is 9.68. The van der Waals surface area contributed by atoms with Crippen molar-refractivity contribution in [3.8, 4) is 0 Å². The Labute approximate surface area is 77.1 Å². The van der Waals surface area contributed by atoms with Gasteiger partial charge in [-0.3, -0.25) is 4.79 Å². The van der Waals surface area contributed by atoms with Crippen molar-refractivity contribution in [3.05, 3.63) is 23.8 Å². The SMILES string of the molecule is C=C(C(=O)OCC=O)C1=CCCC1. The lowest BCUT2D eigenvalue weighted by Gasteiger charge is -2.04. The third kappa shape index (κ3) is 2.54. The minimum atomic E-state index is -0.486. The normalized spacial score (nSPS) is 14.9. The van der Waals surface area contributed by atoms with Gasteiger partial charge in [0, 0.05) is 0 Å². The Morgan fingerprint density at radius 2 is 2.46 bits per heavy atom. The van der Waals surface area contributed by atoms with E-state index in [0.717, 1.165) is 24.8 Å². The van der Waals surface area contributed by atoms with Crippen LogP contribution in [0.1, 0.15) is 19.3 Å². The number of allylic oxidation sites excluding steroid dienone is 1. The summed E-state index contributed by atoms with van der Waals surface area (Å²) >= 11 is 0. The quantitative estimate of drug-likeness (QED) is 0.373. The molecule has 0 saturated carbocycles. The summed E-state index contributed by atoms with van der Waals surface area (Å²) in [6.45, 7) is 3.44. The fourth-order valence-corrected chi connectivity index (χ4v) is 1.27. The van der Waals surface area contributed by atoms with E-state index < -0.39 is 5.97 Å². The molecule has 0 aromatic rings. The molecule has 0 aromatic heterocycles. The molecule has 0 atom stereocenters. The van der Waals surface area contributed by atoms with Gasteiger partial charge in [-0.2, -0.15) is 0 Å². The van der Waals surface area contributed by atoms with Gasteiger partial charge in [0.2, 0.25) is 0 Å². The molecule has 0 heterocycles. The van der Waals surface area contributed by atoms with Crippen molar-refractivity contribution in [2.45, 2.75) is 19.3 Å². The van der Waals surface area contributed by atoms with Crippen LogP contribution >= 0.6 is 0 Å². The number of hydrogen-bond donors (Lipinski definition) is 0. The number of carbonyl (C=O) groups is 2. The predicted molar refractivity (Wildman–Crippen MR) is 48.1 cm³/mol. The number of aldehydes is 1. The maximum Gasteiger partial charge on any atom is 0.338 e. The van der Waals surface area contributed by atoms with Crippen molar-refractivity contribution in [1.82, 2.24) is 0 Å². The van der Waals surface area contributed by atoms with E-state index in [1.54, 1.807) is 0 Å². The van der Waals surface area contributed by atoms with E-state index in [1.807, 2.05) is 6.08 Å². The van der Waals surface area contributed by atoms with Gasteiger partial charge in [-0.05, 0) is 24.8 Å². The van der Waals surface area contributed by atoms with Crippen LogP contribution in [0, 0.1) is 0 Å². The highest BCUT2D eigenvalue weighted by atomic mass is 16.5. The van der Waals surface area contributed by atoms with Gasteiger partial charge in [-0.25, -0.2) is 4.79 Å². The van der Waals surface area contributed by atoms with Crippen LogP contribution in [0.5, 0.6) is 0 Å². The molecule has 0 N–H and O–H groups in total. The lowest BCUT2D eigenvalue weighted by Crippen LogP contribution is -2.09. The molecule has 1 rings (SSSR count). The lowest BCUT2D eigenvalue weighted by atomic mass is 10.1. The van der Waals surface area contributed by atoms with Gasteiger partial charge < -0.3 is 4.74 Å². The maximum absolute atomic E-state index is 11.2. The summed E-state index contributed by atoms with van der Waals surface area (Å²) in [7, 11) is 0. The summed E-state index contributed by atoms with van der Waals surface area (Å²) in [6, 6.07) is 0. The monoisotopic (exact) mass is 180 g/mol. The Morgan fingerprint density at radius 3 is 3.00 bits per heavy atom. The Morgan fingerprint density at radius 1 is 1.69 bits per heavy atom. The number of carbonyl (C=O) groups excluding carboxylic acids is 2. The molecule has 0 spiro atoms. The van der Waals surface area contributed by atoms with Crippen LogP contribution in [0.3, 0.4) is 0 Å². The second-order valence-corrected chi connectivity index (χ2v) is 2.87. The molecule has 0 unspecified atom stereocenters. The third-order valence-corrected chi connectivity index (χ3v) is 1.96. The van der Waals surface area contributed by atoms with E-state index in [4.69, 9.17) is 0 Å². The Hall–Kier alpha value is -1.38. The second kappa shape index (κ2) is 4.60. The predicted octanol–water partition coefficient (Wildman–Crippen LogP) is 1.39. The summed E-state index contributed by atoms with van der Waals surface area (Å²) in [6.07, 6.45) is 5.48. The zero-order valence-corrected chi connectivity index (χ0v) is 7.41. The van der Waals surface area contributed by atoms with E-state index in [2.05, 4.69) is 11.3 Å². The van der Waals surface area contributed by atoms with E-state index in [1.165, 1.54) is 0 Å². The minimum Gasteiger partial charge on any atom is -0.454 e. The molecular formula is C10H12O3. The average Bonchev–Trinajstić information content (AvgIpc) is 2.65. The summed E-state index contributed by atoms with van der Waals surface area (Å²) < 4.78 is 4.62. The van der Waals surface area contributed by atoms with Crippen LogP contribution in [0.2, 0.25) is 0 Å². The van der Waals surface area contributed by atoms with Crippen LogP contribution in [-0.2, 0) is 14.3 Å². The number of rotatable bonds is 4. The molecule has 0 amide bonds. The van der Waals surface area contributed by atoms with Gasteiger partial charge in [-0.1, -0.05) is 12.7 Å². The van der Waals surface area contributed by atoms with Gasteiger partial charge >= 0.3 is 5.97 Å². The molecule has 1 aliphatic carbocycles. The standard InChI is InChI=1S/C10H12O3/c1-8(9-4-2-3-5-9)10(12)13-7-6-11/h4,6H,1-3,5,7H2. The molecule has 70 valence electrons. The second-order valence-electron chi connectivity index (χ2n) is 2.87. The molecule has 0 saturated heterocycles. The van der Waals surface area contributed by atoms with Crippen LogP contribution in [-0.4, -0.2) is 18.9 Å². The van der Waals surface area contributed by atoms with Crippen molar-refractivity contribution in [1.29, 1.82) is 0 Å². The molecule has 0 bridgehead atoms. The highest BCUT2D eigenvalue weighted by Crippen LogP contribution is 2.24. The molecule has 3 nitrogen and oxygen atoms in total. The van der Waals surface area contributed by atoms with Crippen LogP contribution in [0.4, 0.5) is 0 Å². The fourth-order valence-electron chi connectivity index (χ4n) is 1.27. The Kier molecular flexibility index (Phi) is 3.43. The first-order valence-electron chi connectivity index (χ1n) is 4.24. The summed E-state index contributed by atoms with van der Waals surface area (Å²) in [5, 5.41) is 0. The van der Waals surface area contributed by atoms with Crippen molar-refractivity contribution in [2.75, 3.05) is 6.61 Å². The van der Waals surface area contributed by atoms with Gasteiger partial charge in [0.15, 0.2) is 6.29 Å². The number of hydrogen-bond acceptors (Lipinski definition) is 3. The first-order chi connectivity index (χ1) is 6.25. The largest absolute Gasteiger partial charge is 0.454 e. The van der Waals surface area contributed by atoms with Crippen LogP contribution in [0.15, 0.2) is 23.8 Å². The van der Waals surface area contributed by atoms with Crippen LogP contribution < -0.4 is 0 Å². The minimum absolute atomic E-state index is 0.189. The topological polar surface area (TPSA) is 43.4 Å². The summed E-state index contributed by atoms with van der Waals surface area (Å²) in [4.78, 5) is 21.1. The Bertz CT molecular complexity index is 263. The molecule has 0 radical (unpaired) electrons. The van der Waals surface area contributed by atoms with Crippen molar-refractivity contribution in [2.24, 2.45) is 0 Å². The molecular weight excluding hydrogens is 168 g/mol. The van der Waals surface area contributed by atoms with Gasteiger partial charge in [0.05, 0.1) is 5.57 Å². The van der Waals surface area contributed by atoms with Crippen LogP contribution in [0.25, 0.3) is 0 Å². The molecule has 13 heavy (non-hydrogen) atoms. The highest BCUT2D eigenvalue weighted by Gasteiger charge is 2.15. The first-order valence-corrected chi connectivity index (χ1v) is 4.24. The van der Waals surface area contributed by atoms with E-state index in [9.17, 15) is 9.59 Å². The highest BCUT2D eigenvalue weighted by molar-refractivity contribution is 5.93. The van der Waals surface area contributed by atoms with E-state index in [-0.39, 0.29) is 6.61 Å². The smallest absolute Gasteiger partial charge is 0.338 e. The van der Waals surface area contributed by atoms with E-state index in [0.29, 0.717) is 11.9 Å². The summed E-state index contributed by atoms with van der Waals surface area (Å²) in [5.74, 6) is -0.486. The van der Waals surface area contributed by atoms with Crippen molar-refractivity contribution < 1.29 is 14.3 Å². The van der Waals surface area contributed by atoms with Gasteiger partial charge in [0.25, 0.3) is 0 Å². The average molecular weight is 180 g/mol. The Balaban J connectivity index is 2.46. The van der Waals surface area contributed by atoms with Gasteiger partial charge in [0.1, 0.15) is 6.61 Å². The molecule has 0 fully saturated rings. The van der Waals surface area contributed by atoms with Gasteiger partial charge in [-0.15, -0.1) is 0 Å². The molecule has 0 aromatic carbocycles. The molecule has 0 aliphatic heterocycles. The lowest BCUT2D eigenvalue weighted by molar-refractivity contribution is -0.141. The fraction of sp³-hybridized carbons (Fsp3) is 0.400. The zero-order valence-electron chi connectivity index (χ0n) is 7.41.